The largest absolute Gasteiger partial charge is 0.441 e. The number of aromatic nitrogens is 1. The molecule has 1 amide bonds. The average molecular weight is 390 g/mol. The maximum Gasteiger partial charge on any atom is 0.223 e. The topological polar surface area (TPSA) is 58.4 Å². The first-order valence-corrected chi connectivity index (χ1v) is 7.85. The number of nitrogens with one attached hydrogen (secondary N) is 1. The molecule has 1 aromatic heterocycles. The summed E-state index contributed by atoms with van der Waals surface area (Å²) in [6.45, 7) is 4.41. The monoisotopic (exact) mass is 389 g/mol. The molecule has 0 bridgehead atoms. The highest BCUT2D eigenvalue weighted by Crippen LogP contribution is 2.23. The highest BCUT2D eigenvalue weighted by Gasteiger charge is 2.23. The molecule has 138 valence electrons. The molecule has 0 radical (unpaired) electrons. The van der Waals surface area contributed by atoms with Crippen LogP contribution in [0.1, 0.15) is 19.2 Å². The van der Waals surface area contributed by atoms with Gasteiger partial charge in [-0.3, -0.25) is 4.79 Å². The van der Waals surface area contributed by atoms with Gasteiger partial charge in [-0.2, -0.15) is 0 Å². The van der Waals surface area contributed by atoms with E-state index in [1.165, 1.54) is 12.3 Å². The number of carbonyl (C=O) groups is 1. The number of benzene rings is 1. The predicted molar refractivity (Wildman–Crippen MR) is 98.8 cm³/mol. The number of hydrogen-bond donors (Lipinski definition) is 1. The Bertz CT molecular complexity index is 696. The summed E-state index contributed by atoms with van der Waals surface area (Å²) in [5.41, 5.74) is 0.383. The third-order valence-electron chi connectivity index (χ3n) is 4.07. The predicted octanol–water partition coefficient (Wildman–Crippen LogP) is 3.08. The van der Waals surface area contributed by atoms with Gasteiger partial charge in [-0.05, 0) is 19.1 Å². The molecular formula is C17H22Cl2FN3O2. The Kier molecular flexibility index (Phi) is 8.35. The second kappa shape index (κ2) is 9.75. The van der Waals surface area contributed by atoms with E-state index in [1.54, 1.807) is 18.2 Å². The fourth-order valence-corrected chi connectivity index (χ4v) is 2.78. The van der Waals surface area contributed by atoms with E-state index < -0.39 is 0 Å². The smallest absolute Gasteiger partial charge is 0.223 e. The van der Waals surface area contributed by atoms with Gasteiger partial charge in [-0.15, -0.1) is 24.8 Å². The molecule has 1 atom stereocenters. The first-order valence-electron chi connectivity index (χ1n) is 7.85. The molecule has 0 saturated carbocycles. The lowest BCUT2D eigenvalue weighted by Crippen LogP contribution is -2.52. The first kappa shape index (κ1) is 21.4. The Morgan fingerprint density at radius 1 is 1.40 bits per heavy atom. The van der Waals surface area contributed by atoms with Crippen molar-refractivity contribution in [1.29, 1.82) is 0 Å². The van der Waals surface area contributed by atoms with Gasteiger partial charge in [0.1, 0.15) is 5.82 Å². The lowest BCUT2D eigenvalue weighted by Gasteiger charge is -2.34. The normalized spacial score (nSPS) is 16.7. The molecule has 2 heterocycles. The van der Waals surface area contributed by atoms with Gasteiger partial charge in [0.05, 0.1) is 11.8 Å². The third-order valence-corrected chi connectivity index (χ3v) is 4.07. The van der Waals surface area contributed by atoms with Crippen molar-refractivity contribution >= 4 is 30.7 Å². The van der Waals surface area contributed by atoms with E-state index in [-0.39, 0.29) is 42.6 Å². The van der Waals surface area contributed by atoms with Crippen LogP contribution in [0, 0.1) is 5.82 Å². The number of carbonyl (C=O) groups excluding carboxylic acids is 1. The van der Waals surface area contributed by atoms with E-state index in [4.69, 9.17) is 4.42 Å². The van der Waals surface area contributed by atoms with Gasteiger partial charge in [0, 0.05) is 38.5 Å². The lowest BCUT2D eigenvalue weighted by atomic mass is 10.2. The van der Waals surface area contributed by atoms with Crippen LogP contribution in [0.25, 0.3) is 11.3 Å². The van der Waals surface area contributed by atoms with E-state index in [1.807, 2.05) is 11.8 Å². The van der Waals surface area contributed by atoms with Crippen molar-refractivity contribution in [1.82, 2.24) is 15.2 Å². The number of rotatable bonds is 4. The van der Waals surface area contributed by atoms with E-state index in [9.17, 15) is 9.18 Å². The zero-order valence-corrected chi connectivity index (χ0v) is 15.5. The number of hydrogen-bond acceptors (Lipinski definition) is 4. The van der Waals surface area contributed by atoms with Crippen molar-refractivity contribution in [2.75, 3.05) is 19.6 Å². The zero-order chi connectivity index (χ0) is 16.2. The number of aryl methyl sites for hydroxylation is 1. The fourth-order valence-electron chi connectivity index (χ4n) is 2.78. The standard InChI is InChI=1S/C17H20FN3O2.2ClH/c1-12-10-19-8-9-21(12)17(22)7-6-16-20-11-15(23-16)13-4-2-3-5-14(13)18;;/h2-5,11-12,19H,6-10H2,1H3;2*1H/t12-;;/m1../s1. The summed E-state index contributed by atoms with van der Waals surface area (Å²) in [6, 6.07) is 6.61. The molecule has 8 heteroatoms. The maximum absolute atomic E-state index is 13.7. The Morgan fingerprint density at radius 2 is 2.16 bits per heavy atom. The average Bonchev–Trinajstić information content (AvgIpc) is 3.02. The summed E-state index contributed by atoms with van der Waals surface area (Å²) in [7, 11) is 0. The molecule has 5 nitrogen and oxygen atoms in total. The van der Waals surface area contributed by atoms with Crippen molar-refractivity contribution in [3.63, 3.8) is 0 Å². The molecule has 0 aliphatic carbocycles. The van der Waals surface area contributed by atoms with Gasteiger partial charge >= 0.3 is 0 Å². The molecular weight excluding hydrogens is 368 g/mol. The molecule has 1 N–H and O–H groups in total. The number of oxazole rings is 1. The maximum atomic E-state index is 13.7. The van der Waals surface area contributed by atoms with Crippen molar-refractivity contribution in [2.24, 2.45) is 0 Å². The zero-order valence-electron chi connectivity index (χ0n) is 13.9. The van der Waals surface area contributed by atoms with Crippen LogP contribution in [0.2, 0.25) is 0 Å². The van der Waals surface area contributed by atoms with Crippen LogP contribution in [-0.2, 0) is 11.2 Å². The van der Waals surface area contributed by atoms with E-state index in [0.29, 0.717) is 30.1 Å². The van der Waals surface area contributed by atoms with Crippen LogP contribution in [-0.4, -0.2) is 41.5 Å². The summed E-state index contributed by atoms with van der Waals surface area (Å²) < 4.78 is 19.3. The summed E-state index contributed by atoms with van der Waals surface area (Å²) in [5.74, 6) is 0.603. The van der Waals surface area contributed by atoms with Crippen LogP contribution in [0.5, 0.6) is 0 Å². The molecule has 0 spiro atoms. The second-order valence-corrected chi connectivity index (χ2v) is 5.74. The minimum absolute atomic E-state index is 0. The number of amides is 1. The fraction of sp³-hybridized carbons (Fsp3) is 0.412. The number of halogens is 3. The van der Waals surface area contributed by atoms with Gasteiger partial charge in [0.15, 0.2) is 11.7 Å². The molecule has 2 aromatic rings. The Labute approximate surface area is 158 Å². The van der Waals surface area contributed by atoms with Gasteiger partial charge in [-0.25, -0.2) is 9.37 Å². The molecule has 1 fully saturated rings. The van der Waals surface area contributed by atoms with Crippen molar-refractivity contribution < 1.29 is 13.6 Å². The molecule has 0 unspecified atom stereocenters. The van der Waals surface area contributed by atoms with Crippen LogP contribution in [0.4, 0.5) is 4.39 Å². The third kappa shape index (κ3) is 5.17. The van der Waals surface area contributed by atoms with Crippen LogP contribution in [0.15, 0.2) is 34.9 Å². The highest BCUT2D eigenvalue weighted by molar-refractivity contribution is 5.85. The molecule has 1 aliphatic rings. The van der Waals surface area contributed by atoms with Crippen LogP contribution < -0.4 is 5.32 Å². The molecule has 1 saturated heterocycles. The van der Waals surface area contributed by atoms with Crippen molar-refractivity contribution in [3.8, 4) is 11.3 Å². The van der Waals surface area contributed by atoms with E-state index in [2.05, 4.69) is 10.3 Å². The minimum atomic E-state index is -0.346. The first-order chi connectivity index (χ1) is 11.1. The van der Waals surface area contributed by atoms with Gasteiger partial charge < -0.3 is 14.6 Å². The summed E-state index contributed by atoms with van der Waals surface area (Å²) >= 11 is 0. The van der Waals surface area contributed by atoms with Gasteiger partial charge in [0.2, 0.25) is 5.91 Å². The lowest BCUT2D eigenvalue weighted by molar-refractivity contribution is -0.134. The van der Waals surface area contributed by atoms with Crippen molar-refractivity contribution in [3.05, 3.63) is 42.2 Å². The second-order valence-electron chi connectivity index (χ2n) is 5.74. The molecule has 3 rings (SSSR count). The number of nitrogens with zero attached hydrogens (tertiary/aromatic N) is 2. The Hall–Kier alpha value is -1.63. The highest BCUT2D eigenvalue weighted by atomic mass is 35.5. The minimum Gasteiger partial charge on any atom is -0.441 e. The quantitative estimate of drug-likeness (QED) is 0.872. The molecule has 1 aliphatic heterocycles. The van der Waals surface area contributed by atoms with Gasteiger partial charge in [0.25, 0.3) is 0 Å². The van der Waals surface area contributed by atoms with Crippen LogP contribution in [0.3, 0.4) is 0 Å². The molecule has 25 heavy (non-hydrogen) atoms. The SMILES string of the molecule is C[C@@H]1CNCCN1C(=O)CCc1ncc(-c2ccccc2F)o1.Cl.Cl. The molecule has 1 aromatic carbocycles. The Balaban J connectivity index is 0.00000156. The number of piperazine rings is 1. The Morgan fingerprint density at radius 3 is 2.88 bits per heavy atom. The van der Waals surface area contributed by atoms with Gasteiger partial charge in [-0.1, -0.05) is 12.1 Å². The van der Waals surface area contributed by atoms with E-state index >= 15 is 0 Å². The summed E-state index contributed by atoms with van der Waals surface area (Å²) in [5, 5.41) is 3.26. The van der Waals surface area contributed by atoms with E-state index in [0.717, 1.165) is 19.6 Å². The van der Waals surface area contributed by atoms with Crippen molar-refractivity contribution in [2.45, 2.75) is 25.8 Å². The summed E-state index contributed by atoms with van der Waals surface area (Å²) in [6.07, 6.45) is 2.27. The van der Waals surface area contributed by atoms with Crippen LogP contribution >= 0.6 is 24.8 Å². The summed E-state index contributed by atoms with van der Waals surface area (Å²) in [4.78, 5) is 18.3.